The molecule has 0 fully saturated rings. The molecule has 0 aliphatic heterocycles. The molecule has 1 N–H and O–H groups in total. The van der Waals surface area contributed by atoms with Crippen LogP contribution in [0.15, 0.2) is 47.4 Å². The molecule has 2 aromatic carbocycles. The fourth-order valence-corrected chi connectivity index (χ4v) is 3.22. The molecule has 0 unspecified atom stereocenters. The molecule has 4 nitrogen and oxygen atoms in total. The molecule has 118 valence electrons. The van der Waals surface area contributed by atoms with Gasteiger partial charge >= 0.3 is 0 Å². The Kier molecular flexibility index (Phi) is 5.61. The molecule has 0 amide bonds. The van der Waals surface area contributed by atoms with Crippen molar-refractivity contribution in [3.8, 4) is 5.75 Å². The van der Waals surface area contributed by atoms with Crippen LogP contribution in [0, 0.1) is 6.92 Å². The van der Waals surface area contributed by atoms with E-state index in [0.29, 0.717) is 18.6 Å². The molecule has 0 bridgehead atoms. The molecule has 6 heteroatoms. The lowest BCUT2D eigenvalue weighted by molar-refractivity contribution is 0.321. The first kappa shape index (κ1) is 17.0. The maximum absolute atomic E-state index is 11.4. The smallest absolute Gasteiger partial charge is 0.294 e. The van der Waals surface area contributed by atoms with Gasteiger partial charge in [0.2, 0.25) is 0 Å². The van der Waals surface area contributed by atoms with Gasteiger partial charge in [-0.15, -0.1) is 0 Å². The minimum Gasteiger partial charge on any atom is -0.493 e. The lowest BCUT2D eigenvalue weighted by Crippen LogP contribution is -2.08. The van der Waals surface area contributed by atoms with Gasteiger partial charge in [0.05, 0.1) is 11.5 Å². The average molecular weight is 385 g/mol. The van der Waals surface area contributed by atoms with E-state index in [9.17, 15) is 13.0 Å². The zero-order chi connectivity index (χ0) is 16.2. The molecular weight excluding hydrogens is 368 g/mol. The van der Waals surface area contributed by atoms with Crippen LogP contribution in [0.5, 0.6) is 5.75 Å². The van der Waals surface area contributed by atoms with E-state index < -0.39 is 10.1 Å². The maximum atomic E-state index is 11.4. The van der Waals surface area contributed by atoms with Crippen LogP contribution in [-0.2, 0) is 21.9 Å². The average Bonchev–Trinajstić information content (AvgIpc) is 2.47. The fraction of sp³-hybridized carbons (Fsp3) is 0.250. The molecule has 0 saturated carbocycles. The van der Waals surface area contributed by atoms with Crippen LogP contribution in [-0.4, -0.2) is 19.6 Å². The summed E-state index contributed by atoms with van der Waals surface area (Å²) in [6.45, 7) is 2.21. The van der Waals surface area contributed by atoms with Gasteiger partial charge in [0.1, 0.15) is 5.75 Å². The molecule has 0 aromatic heterocycles. The Balaban J connectivity index is 2.06. The van der Waals surface area contributed by atoms with Gasteiger partial charge in [0.15, 0.2) is 0 Å². The van der Waals surface area contributed by atoms with Gasteiger partial charge in [-0.2, -0.15) is 8.42 Å². The summed E-state index contributed by atoms with van der Waals surface area (Å²) in [5.41, 5.74) is 2.64. The highest BCUT2D eigenvalue weighted by atomic mass is 79.9. The largest absolute Gasteiger partial charge is 0.493 e. The molecule has 0 spiro atoms. The molecule has 0 radical (unpaired) electrons. The second-order valence-corrected chi connectivity index (χ2v) is 6.91. The first-order valence-electron chi connectivity index (χ1n) is 6.75. The number of benzene rings is 2. The first-order valence-corrected chi connectivity index (χ1v) is 9.31. The van der Waals surface area contributed by atoms with Crippen molar-refractivity contribution in [1.82, 2.24) is 0 Å². The van der Waals surface area contributed by atoms with Crippen molar-refractivity contribution < 1.29 is 17.7 Å². The Labute approximate surface area is 139 Å². The third-order valence-electron chi connectivity index (χ3n) is 3.21. The van der Waals surface area contributed by atoms with E-state index in [0.717, 1.165) is 22.2 Å². The number of hydrogen-bond donors (Lipinski definition) is 1. The van der Waals surface area contributed by atoms with Crippen molar-refractivity contribution in [3.05, 3.63) is 59.2 Å². The van der Waals surface area contributed by atoms with Crippen molar-refractivity contribution >= 4 is 26.0 Å². The lowest BCUT2D eigenvalue weighted by Gasteiger charge is -2.10. The number of rotatable bonds is 6. The van der Waals surface area contributed by atoms with E-state index in [2.05, 4.69) is 15.9 Å². The van der Waals surface area contributed by atoms with Gasteiger partial charge in [0.25, 0.3) is 10.1 Å². The normalized spacial score (nSPS) is 11.4. The number of aryl methyl sites for hydroxylation is 1. The van der Waals surface area contributed by atoms with E-state index in [1.54, 1.807) is 12.1 Å². The highest BCUT2D eigenvalue weighted by Gasteiger charge is 2.15. The maximum Gasteiger partial charge on any atom is 0.294 e. The summed E-state index contributed by atoms with van der Waals surface area (Å²) < 4.78 is 37.6. The van der Waals surface area contributed by atoms with Gasteiger partial charge in [-0.05, 0) is 36.2 Å². The van der Waals surface area contributed by atoms with Crippen LogP contribution < -0.4 is 4.74 Å². The predicted octanol–water partition coefficient (Wildman–Crippen LogP) is 3.76. The quantitative estimate of drug-likeness (QED) is 0.608. The van der Waals surface area contributed by atoms with Crippen molar-refractivity contribution in [3.63, 3.8) is 0 Å². The summed E-state index contributed by atoms with van der Waals surface area (Å²) in [6.07, 6.45) is 0.400. The van der Waals surface area contributed by atoms with Gasteiger partial charge in [-0.25, -0.2) is 0 Å². The van der Waals surface area contributed by atoms with Crippen LogP contribution in [0.4, 0.5) is 0 Å². The van der Waals surface area contributed by atoms with Gasteiger partial charge in [0, 0.05) is 11.8 Å². The Bertz CT molecular complexity index is 739. The monoisotopic (exact) mass is 384 g/mol. The topological polar surface area (TPSA) is 63.6 Å². The fourth-order valence-electron chi connectivity index (χ4n) is 2.11. The van der Waals surface area contributed by atoms with Crippen LogP contribution in [0.25, 0.3) is 0 Å². The summed E-state index contributed by atoms with van der Waals surface area (Å²) in [5.74, 6) is 0.728. The van der Waals surface area contributed by atoms with E-state index in [1.165, 1.54) is 6.07 Å². The number of alkyl halides is 1. The van der Waals surface area contributed by atoms with Gasteiger partial charge in [-0.3, -0.25) is 4.55 Å². The van der Waals surface area contributed by atoms with Crippen LogP contribution in [0.1, 0.15) is 16.7 Å². The van der Waals surface area contributed by atoms with E-state index in [-0.39, 0.29) is 4.90 Å². The second-order valence-electron chi connectivity index (χ2n) is 4.96. The Morgan fingerprint density at radius 2 is 1.82 bits per heavy atom. The molecular formula is C16H17BrO4S. The van der Waals surface area contributed by atoms with Crippen molar-refractivity contribution in [2.75, 3.05) is 6.61 Å². The van der Waals surface area contributed by atoms with E-state index in [1.807, 2.05) is 31.2 Å². The minimum absolute atomic E-state index is 0.0589. The molecule has 0 aliphatic carbocycles. The third-order valence-corrected chi connectivity index (χ3v) is 4.81. The van der Waals surface area contributed by atoms with Gasteiger partial charge in [-0.1, -0.05) is 45.8 Å². The zero-order valence-corrected chi connectivity index (χ0v) is 14.5. The summed E-state index contributed by atoms with van der Waals surface area (Å²) in [4.78, 5) is -0.0589. The SMILES string of the molecule is Cc1ccc(S(=O)(=O)O)c(CCOc2ccc(CBr)cc2)c1. The van der Waals surface area contributed by atoms with Crippen LogP contribution >= 0.6 is 15.9 Å². The number of ether oxygens (including phenoxy) is 1. The number of halogens is 1. The standard InChI is InChI=1S/C16H17BrO4S/c1-12-2-7-16(22(18,19)20)14(10-12)8-9-21-15-5-3-13(11-17)4-6-15/h2-7,10H,8-9,11H2,1H3,(H,18,19,20). The Hall–Kier alpha value is -1.37. The summed E-state index contributed by atoms with van der Waals surface area (Å²) >= 11 is 3.38. The van der Waals surface area contributed by atoms with Crippen molar-refractivity contribution in [1.29, 1.82) is 0 Å². The zero-order valence-electron chi connectivity index (χ0n) is 12.1. The lowest BCUT2D eigenvalue weighted by atomic mass is 10.1. The van der Waals surface area contributed by atoms with Crippen molar-refractivity contribution in [2.45, 2.75) is 23.6 Å². The molecule has 22 heavy (non-hydrogen) atoms. The van der Waals surface area contributed by atoms with E-state index in [4.69, 9.17) is 4.74 Å². The van der Waals surface area contributed by atoms with E-state index >= 15 is 0 Å². The Morgan fingerprint density at radius 3 is 2.41 bits per heavy atom. The molecule has 0 atom stereocenters. The second kappa shape index (κ2) is 7.26. The summed E-state index contributed by atoms with van der Waals surface area (Å²) in [6, 6.07) is 12.5. The van der Waals surface area contributed by atoms with Crippen molar-refractivity contribution in [2.24, 2.45) is 0 Å². The minimum atomic E-state index is -4.22. The molecule has 2 rings (SSSR count). The summed E-state index contributed by atoms with van der Waals surface area (Å²) in [7, 11) is -4.22. The molecule has 2 aromatic rings. The molecule has 0 aliphatic rings. The van der Waals surface area contributed by atoms with Crippen LogP contribution in [0.2, 0.25) is 0 Å². The summed E-state index contributed by atoms with van der Waals surface area (Å²) in [5, 5.41) is 0.786. The van der Waals surface area contributed by atoms with Crippen LogP contribution in [0.3, 0.4) is 0 Å². The molecule has 0 heterocycles. The first-order chi connectivity index (χ1) is 10.4. The Morgan fingerprint density at radius 1 is 1.14 bits per heavy atom. The highest BCUT2D eigenvalue weighted by Crippen LogP contribution is 2.19. The predicted molar refractivity (Wildman–Crippen MR) is 89.3 cm³/mol. The van der Waals surface area contributed by atoms with Gasteiger partial charge < -0.3 is 4.74 Å². The molecule has 0 saturated heterocycles. The number of hydrogen-bond acceptors (Lipinski definition) is 3. The third kappa shape index (κ3) is 4.56. The highest BCUT2D eigenvalue weighted by molar-refractivity contribution is 9.08.